The number of nitrogens with one attached hydrogen (secondary N) is 1. The van der Waals surface area contributed by atoms with Gasteiger partial charge in [0.25, 0.3) is 0 Å². The van der Waals surface area contributed by atoms with Gasteiger partial charge in [0, 0.05) is 12.4 Å². The van der Waals surface area contributed by atoms with E-state index in [0.717, 1.165) is 5.56 Å². The van der Waals surface area contributed by atoms with E-state index in [1.165, 1.54) is 0 Å². The third kappa shape index (κ3) is 3.23. The minimum absolute atomic E-state index is 0.00727. The number of carbonyl (C=O) groups is 2. The van der Waals surface area contributed by atoms with E-state index in [1.807, 2.05) is 32.9 Å². The van der Waals surface area contributed by atoms with Crippen LogP contribution in [0.3, 0.4) is 0 Å². The Bertz CT molecular complexity index is 516. The number of carbonyl (C=O) groups excluding carboxylic acids is 2. The lowest BCUT2D eigenvalue weighted by atomic mass is 9.96. The largest absolute Gasteiger partial charge is 0.343 e. The Morgan fingerprint density at radius 2 is 2.05 bits per heavy atom. The smallest absolute Gasteiger partial charge is 0.246 e. The SMILES string of the molecule is CC(C)CC1NC(=O)C(C)N(C(C)c2cccnc2)C1=O. The molecule has 114 valence electrons. The van der Waals surface area contributed by atoms with Crippen molar-refractivity contribution in [2.75, 3.05) is 0 Å². The highest BCUT2D eigenvalue weighted by Gasteiger charge is 2.40. The van der Waals surface area contributed by atoms with Crippen LogP contribution in [0, 0.1) is 5.92 Å². The first-order chi connectivity index (χ1) is 9.91. The molecule has 5 heteroatoms. The van der Waals surface area contributed by atoms with Gasteiger partial charge in [0.15, 0.2) is 0 Å². The quantitative estimate of drug-likeness (QED) is 0.921. The zero-order chi connectivity index (χ0) is 15.6. The van der Waals surface area contributed by atoms with Crippen molar-refractivity contribution >= 4 is 11.8 Å². The molecule has 5 nitrogen and oxygen atoms in total. The Morgan fingerprint density at radius 1 is 1.33 bits per heavy atom. The Hall–Kier alpha value is -1.91. The van der Waals surface area contributed by atoms with Gasteiger partial charge in [0.05, 0.1) is 6.04 Å². The first-order valence-electron chi connectivity index (χ1n) is 7.44. The number of pyridine rings is 1. The molecule has 3 unspecified atom stereocenters. The molecule has 1 N–H and O–H groups in total. The molecule has 21 heavy (non-hydrogen) atoms. The van der Waals surface area contributed by atoms with Gasteiger partial charge < -0.3 is 10.2 Å². The maximum atomic E-state index is 12.7. The summed E-state index contributed by atoms with van der Waals surface area (Å²) in [6, 6.07) is 2.73. The molecule has 0 aliphatic carbocycles. The van der Waals surface area contributed by atoms with Crippen LogP contribution >= 0.6 is 0 Å². The molecule has 2 heterocycles. The summed E-state index contributed by atoms with van der Waals surface area (Å²) < 4.78 is 0. The summed E-state index contributed by atoms with van der Waals surface area (Å²) in [5.41, 5.74) is 0.940. The number of nitrogens with zero attached hydrogens (tertiary/aromatic N) is 2. The summed E-state index contributed by atoms with van der Waals surface area (Å²) in [5, 5.41) is 2.84. The van der Waals surface area contributed by atoms with E-state index in [0.29, 0.717) is 12.3 Å². The molecule has 2 rings (SSSR count). The van der Waals surface area contributed by atoms with Gasteiger partial charge in [-0.15, -0.1) is 0 Å². The first-order valence-corrected chi connectivity index (χ1v) is 7.44. The van der Waals surface area contributed by atoms with Crippen molar-refractivity contribution in [2.24, 2.45) is 5.92 Å². The number of hydrogen-bond acceptors (Lipinski definition) is 3. The van der Waals surface area contributed by atoms with Gasteiger partial charge in [-0.25, -0.2) is 0 Å². The van der Waals surface area contributed by atoms with Crippen LogP contribution in [0.2, 0.25) is 0 Å². The summed E-state index contributed by atoms with van der Waals surface area (Å²) in [4.78, 5) is 30.7. The van der Waals surface area contributed by atoms with Crippen LogP contribution in [-0.4, -0.2) is 33.8 Å². The molecule has 1 aromatic rings. The second-order valence-corrected chi connectivity index (χ2v) is 6.07. The summed E-state index contributed by atoms with van der Waals surface area (Å²) in [6.07, 6.45) is 4.11. The number of piperazine rings is 1. The second kappa shape index (κ2) is 6.24. The van der Waals surface area contributed by atoms with Crippen LogP contribution in [0.4, 0.5) is 0 Å². The predicted octanol–water partition coefficient (Wildman–Crippen LogP) is 1.90. The molecule has 2 amide bonds. The minimum Gasteiger partial charge on any atom is -0.343 e. The van der Waals surface area contributed by atoms with Gasteiger partial charge in [0.2, 0.25) is 11.8 Å². The standard InChI is InChI=1S/C16H23N3O2/c1-10(2)8-14-16(21)19(12(4)15(20)18-14)11(3)13-6-5-7-17-9-13/h5-7,9-12,14H,8H2,1-4H3,(H,18,20). The zero-order valence-corrected chi connectivity index (χ0v) is 13.0. The van der Waals surface area contributed by atoms with Crippen LogP contribution in [0.25, 0.3) is 0 Å². The van der Waals surface area contributed by atoms with Crippen molar-refractivity contribution in [1.82, 2.24) is 15.2 Å². The third-order valence-corrected chi connectivity index (χ3v) is 3.96. The Morgan fingerprint density at radius 3 is 2.62 bits per heavy atom. The van der Waals surface area contributed by atoms with Crippen LogP contribution in [0.1, 0.15) is 45.7 Å². The first kappa shape index (κ1) is 15.5. The number of hydrogen-bond donors (Lipinski definition) is 1. The fourth-order valence-corrected chi connectivity index (χ4v) is 2.79. The molecule has 0 aromatic carbocycles. The molecule has 1 saturated heterocycles. The van der Waals surface area contributed by atoms with Crippen LogP contribution in [0.15, 0.2) is 24.5 Å². The van der Waals surface area contributed by atoms with Crippen LogP contribution in [0.5, 0.6) is 0 Å². The van der Waals surface area contributed by atoms with Crippen molar-refractivity contribution in [3.05, 3.63) is 30.1 Å². The van der Waals surface area contributed by atoms with Crippen molar-refractivity contribution in [3.63, 3.8) is 0 Å². The molecular formula is C16H23N3O2. The fraction of sp³-hybridized carbons (Fsp3) is 0.562. The molecule has 1 aliphatic heterocycles. The van der Waals surface area contributed by atoms with Crippen LogP contribution in [-0.2, 0) is 9.59 Å². The molecule has 0 bridgehead atoms. The van der Waals surface area contributed by atoms with Gasteiger partial charge in [-0.2, -0.15) is 0 Å². The molecule has 1 aliphatic rings. The summed E-state index contributed by atoms with van der Waals surface area (Å²) >= 11 is 0. The molecule has 1 aromatic heterocycles. The number of rotatable bonds is 4. The van der Waals surface area contributed by atoms with Gasteiger partial charge in [0.1, 0.15) is 12.1 Å². The summed E-state index contributed by atoms with van der Waals surface area (Å²) in [6.45, 7) is 7.81. The van der Waals surface area contributed by atoms with Crippen molar-refractivity contribution in [1.29, 1.82) is 0 Å². The molecule has 1 fully saturated rings. The Kier molecular flexibility index (Phi) is 4.60. The highest BCUT2D eigenvalue weighted by molar-refractivity contribution is 5.97. The molecule has 3 atom stereocenters. The predicted molar refractivity (Wildman–Crippen MR) is 80.3 cm³/mol. The third-order valence-electron chi connectivity index (χ3n) is 3.96. The highest BCUT2D eigenvalue weighted by Crippen LogP contribution is 2.26. The lowest BCUT2D eigenvalue weighted by Crippen LogP contribution is -2.62. The van der Waals surface area contributed by atoms with Gasteiger partial charge >= 0.3 is 0 Å². The van der Waals surface area contributed by atoms with E-state index in [2.05, 4.69) is 10.3 Å². The van der Waals surface area contributed by atoms with E-state index in [4.69, 9.17) is 0 Å². The monoisotopic (exact) mass is 289 g/mol. The van der Waals surface area contributed by atoms with Crippen LogP contribution < -0.4 is 5.32 Å². The molecular weight excluding hydrogens is 266 g/mol. The fourth-order valence-electron chi connectivity index (χ4n) is 2.79. The normalized spacial score (nSPS) is 24.1. The second-order valence-electron chi connectivity index (χ2n) is 6.07. The topological polar surface area (TPSA) is 62.3 Å². The highest BCUT2D eigenvalue weighted by atomic mass is 16.2. The average molecular weight is 289 g/mol. The van der Waals surface area contributed by atoms with Crippen molar-refractivity contribution in [2.45, 2.75) is 52.2 Å². The maximum absolute atomic E-state index is 12.7. The molecule has 0 spiro atoms. The van der Waals surface area contributed by atoms with Crippen molar-refractivity contribution < 1.29 is 9.59 Å². The lowest BCUT2D eigenvalue weighted by molar-refractivity contribution is -0.151. The number of amides is 2. The summed E-state index contributed by atoms with van der Waals surface area (Å²) in [7, 11) is 0. The lowest BCUT2D eigenvalue weighted by Gasteiger charge is -2.41. The van der Waals surface area contributed by atoms with Gasteiger partial charge in [-0.1, -0.05) is 19.9 Å². The van der Waals surface area contributed by atoms with E-state index < -0.39 is 12.1 Å². The van der Waals surface area contributed by atoms with E-state index in [1.54, 1.807) is 24.2 Å². The van der Waals surface area contributed by atoms with E-state index in [-0.39, 0.29) is 17.9 Å². The minimum atomic E-state index is -0.462. The molecule has 0 radical (unpaired) electrons. The summed E-state index contributed by atoms with van der Waals surface area (Å²) in [5.74, 6) is 0.256. The van der Waals surface area contributed by atoms with E-state index >= 15 is 0 Å². The average Bonchev–Trinajstić information content (AvgIpc) is 2.45. The zero-order valence-electron chi connectivity index (χ0n) is 13.0. The maximum Gasteiger partial charge on any atom is 0.246 e. The Labute approximate surface area is 125 Å². The van der Waals surface area contributed by atoms with Crippen molar-refractivity contribution in [3.8, 4) is 0 Å². The van der Waals surface area contributed by atoms with E-state index in [9.17, 15) is 9.59 Å². The number of aromatic nitrogens is 1. The Balaban J connectivity index is 2.26. The van der Waals surface area contributed by atoms with Gasteiger partial charge in [-0.05, 0) is 37.8 Å². The molecule has 0 saturated carbocycles. The van der Waals surface area contributed by atoms with Gasteiger partial charge in [-0.3, -0.25) is 14.6 Å².